The van der Waals surface area contributed by atoms with E-state index in [4.69, 9.17) is 10.5 Å². The molecule has 1 unspecified atom stereocenters. The molecule has 114 valence electrons. The molecule has 0 fully saturated rings. The Morgan fingerprint density at radius 3 is 2.65 bits per heavy atom. The Morgan fingerprint density at radius 1 is 1.45 bits per heavy atom. The number of aryl methyl sites for hydroxylation is 2. The summed E-state index contributed by atoms with van der Waals surface area (Å²) in [5, 5.41) is 4.44. The minimum Gasteiger partial charge on any atom is -0.466 e. The van der Waals surface area contributed by atoms with Crippen LogP contribution in [0.1, 0.15) is 45.0 Å². The molecule has 0 radical (unpaired) electrons. The van der Waals surface area contributed by atoms with Gasteiger partial charge in [0.2, 0.25) is 0 Å². The van der Waals surface area contributed by atoms with Crippen molar-refractivity contribution in [2.45, 2.75) is 53.5 Å². The fourth-order valence-corrected chi connectivity index (χ4v) is 2.64. The normalized spacial score (nSPS) is 14.1. The number of aromatic nitrogens is 2. The van der Waals surface area contributed by atoms with Gasteiger partial charge >= 0.3 is 5.97 Å². The number of rotatable bonds is 8. The van der Waals surface area contributed by atoms with E-state index < -0.39 is 5.41 Å². The highest BCUT2D eigenvalue weighted by Crippen LogP contribution is 2.30. The molecule has 5 heteroatoms. The van der Waals surface area contributed by atoms with Crippen LogP contribution in [0.2, 0.25) is 0 Å². The van der Waals surface area contributed by atoms with E-state index in [0.29, 0.717) is 19.6 Å². The minimum absolute atomic E-state index is 0.189. The molecule has 0 saturated carbocycles. The molecule has 1 heterocycles. The van der Waals surface area contributed by atoms with E-state index >= 15 is 0 Å². The number of hydrogen-bond acceptors (Lipinski definition) is 4. The SMILES string of the molecule is CCCC(CN)(Cc1cc(C)nn1CC)C(=O)OCC. The van der Waals surface area contributed by atoms with Crippen LogP contribution in [0.25, 0.3) is 0 Å². The first kappa shape index (κ1) is 16.7. The van der Waals surface area contributed by atoms with Gasteiger partial charge in [-0.2, -0.15) is 5.10 Å². The molecule has 0 aliphatic heterocycles. The number of ether oxygens (including phenoxy) is 1. The standard InChI is InChI=1S/C15H27N3O2/c1-5-8-15(11-16,14(19)20-7-3)10-13-9-12(4)17-18(13)6-2/h9H,5-8,10-11,16H2,1-4H3. The third kappa shape index (κ3) is 3.60. The van der Waals surface area contributed by atoms with Gasteiger partial charge in [0.1, 0.15) is 0 Å². The van der Waals surface area contributed by atoms with Gasteiger partial charge in [0.25, 0.3) is 0 Å². The van der Waals surface area contributed by atoms with E-state index in [0.717, 1.165) is 30.8 Å². The summed E-state index contributed by atoms with van der Waals surface area (Å²) in [5.74, 6) is -0.189. The van der Waals surface area contributed by atoms with E-state index in [1.165, 1.54) is 0 Å². The molecular formula is C15H27N3O2. The first-order valence-corrected chi connectivity index (χ1v) is 7.43. The average molecular weight is 281 g/mol. The second-order valence-corrected chi connectivity index (χ2v) is 5.22. The maximum atomic E-state index is 12.4. The summed E-state index contributed by atoms with van der Waals surface area (Å²) in [5.41, 5.74) is 7.32. The predicted molar refractivity (Wildman–Crippen MR) is 79.4 cm³/mol. The van der Waals surface area contributed by atoms with Crippen LogP contribution in [0.4, 0.5) is 0 Å². The van der Waals surface area contributed by atoms with Crippen molar-refractivity contribution in [2.75, 3.05) is 13.2 Å². The molecule has 20 heavy (non-hydrogen) atoms. The first-order chi connectivity index (χ1) is 9.52. The number of carbonyl (C=O) groups excluding carboxylic acids is 1. The van der Waals surface area contributed by atoms with Crippen molar-refractivity contribution < 1.29 is 9.53 Å². The van der Waals surface area contributed by atoms with Gasteiger partial charge < -0.3 is 10.5 Å². The second-order valence-electron chi connectivity index (χ2n) is 5.22. The van der Waals surface area contributed by atoms with Crippen LogP contribution in [0.3, 0.4) is 0 Å². The van der Waals surface area contributed by atoms with Crippen molar-refractivity contribution in [2.24, 2.45) is 11.1 Å². The Balaban J connectivity index is 3.07. The van der Waals surface area contributed by atoms with Gasteiger partial charge in [-0.15, -0.1) is 0 Å². The molecule has 1 rings (SSSR count). The summed E-state index contributed by atoms with van der Waals surface area (Å²) in [6.07, 6.45) is 2.22. The van der Waals surface area contributed by atoms with Crippen molar-refractivity contribution in [3.63, 3.8) is 0 Å². The Bertz CT molecular complexity index is 442. The van der Waals surface area contributed by atoms with Crippen LogP contribution in [0.15, 0.2) is 6.07 Å². The lowest BCUT2D eigenvalue weighted by molar-refractivity contribution is -0.155. The molecule has 1 atom stereocenters. The van der Waals surface area contributed by atoms with Crippen molar-refractivity contribution in [3.8, 4) is 0 Å². The molecule has 0 aliphatic carbocycles. The van der Waals surface area contributed by atoms with Crippen molar-refractivity contribution >= 4 is 5.97 Å². The summed E-state index contributed by atoms with van der Waals surface area (Å²) in [6, 6.07) is 2.03. The Hall–Kier alpha value is -1.36. The molecule has 0 aliphatic rings. The number of esters is 1. The van der Waals surface area contributed by atoms with Crippen LogP contribution >= 0.6 is 0 Å². The van der Waals surface area contributed by atoms with Crippen molar-refractivity contribution in [3.05, 3.63) is 17.5 Å². The zero-order valence-corrected chi connectivity index (χ0v) is 13.1. The van der Waals surface area contributed by atoms with Gasteiger partial charge in [-0.3, -0.25) is 9.48 Å². The highest BCUT2D eigenvalue weighted by Gasteiger charge is 2.38. The second kappa shape index (κ2) is 7.43. The molecule has 0 amide bonds. The number of nitrogens with two attached hydrogens (primary N) is 1. The molecule has 0 spiro atoms. The van der Waals surface area contributed by atoms with Crippen molar-refractivity contribution in [1.29, 1.82) is 0 Å². The highest BCUT2D eigenvalue weighted by molar-refractivity contribution is 5.77. The molecule has 1 aromatic heterocycles. The predicted octanol–water partition coefficient (Wildman–Crippen LogP) is 2.06. The zero-order chi connectivity index (χ0) is 15.2. The molecule has 0 saturated heterocycles. The van der Waals surface area contributed by atoms with Gasteiger partial charge in [-0.1, -0.05) is 13.3 Å². The Morgan fingerprint density at radius 2 is 2.15 bits per heavy atom. The number of carbonyl (C=O) groups is 1. The van der Waals surface area contributed by atoms with Crippen molar-refractivity contribution in [1.82, 2.24) is 9.78 Å². The van der Waals surface area contributed by atoms with Crippen LogP contribution in [-0.4, -0.2) is 28.9 Å². The fourth-order valence-electron chi connectivity index (χ4n) is 2.64. The molecule has 2 N–H and O–H groups in total. The maximum Gasteiger partial charge on any atom is 0.313 e. The molecule has 0 bridgehead atoms. The summed E-state index contributed by atoms with van der Waals surface area (Å²) in [4.78, 5) is 12.4. The van der Waals surface area contributed by atoms with Gasteiger partial charge in [-0.25, -0.2) is 0 Å². The minimum atomic E-state index is -0.635. The lowest BCUT2D eigenvalue weighted by Crippen LogP contribution is -2.42. The monoisotopic (exact) mass is 281 g/mol. The summed E-state index contributed by atoms with van der Waals surface area (Å²) in [6.45, 7) is 9.37. The number of hydrogen-bond donors (Lipinski definition) is 1. The quantitative estimate of drug-likeness (QED) is 0.740. The highest BCUT2D eigenvalue weighted by atomic mass is 16.5. The third-order valence-electron chi connectivity index (χ3n) is 3.63. The van der Waals surface area contributed by atoms with E-state index in [9.17, 15) is 4.79 Å². The zero-order valence-electron chi connectivity index (χ0n) is 13.1. The Kier molecular flexibility index (Phi) is 6.20. The largest absolute Gasteiger partial charge is 0.466 e. The Labute approximate surface area is 121 Å². The molecular weight excluding hydrogens is 254 g/mol. The van der Waals surface area contributed by atoms with Crippen LogP contribution in [0.5, 0.6) is 0 Å². The van der Waals surface area contributed by atoms with Crippen LogP contribution in [0, 0.1) is 12.3 Å². The smallest absolute Gasteiger partial charge is 0.313 e. The van der Waals surface area contributed by atoms with E-state index in [-0.39, 0.29) is 5.97 Å². The van der Waals surface area contributed by atoms with Crippen LogP contribution < -0.4 is 5.73 Å². The summed E-state index contributed by atoms with van der Waals surface area (Å²) < 4.78 is 7.19. The first-order valence-electron chi connectivity index (χ1n) is 7.43. The summed E-state index contributed by atoms with van der Waals surface area (Å²) >= 11 is 0. The molecule has 0 aromatic carbocycles. The van der Waals surface area contributed by atoms with E-state index in [2.05, 4.69) is 12.0 Å². The summed E-state index contributed by atoms with van der Waals surface area (Å²) in [7, 11) is 0. The van der Waals surface area contributed by atoms with E-state index in [1.54, 1.807) is 0 Å². The molecule has 5 nitrogen and oxygen atoms in total. The topological polar surface area (TPSA) is 70.1 Å². The van der Waals surface area contributed by atoms with Gasteiger partial charge in [-0.05, 0) is 33.3 Å². The molecule has 1 aromatic rings. The lowest BCUT2D eigenvalue weighted by Gasteiger charge is -2.29. The van der Waals surface area contributed by atoms with Gasteiger partial charge in [0, 0.05) is 25.2 Å². The van der Waals surface area contributed by atoms with Gasteiger partial charge in [0.05, 0.1) is 17.7 Å². The maximum absolute atomic E-state index is 12.4. The average Bonchev–Trinajstić information content (AvgIpc) is 2.78. The number of nitrogens with zero attached hydrogens (tertiary/aromatic N) is 2. The third-order valence-corrected chi connectivity index (χ3v) is 3.63. The van der Waals surface area contributed by atoms with Crippen LogP contribution in [-0.2, 0) is 22.5 Å². The van der Waals surface area contributed by atoms with E-state index in [1.807, 2.05) is 31.5 Å². The fraction of sp³-hybridized carbons (Fsp3) is 0.733. The van der Waals surface area contributed by atoms with Gasteiger partial charge in [0.15, 0.2) is 0 Å². The lowest BCUT2D eigenvalue weighted by atomic mass is 9.79.